The lowest BCUT2D eigenvalue weighted by Gasteiger charge is -2.12. The van der Waals surface area contributed by atoms with E-state index in [2.05, 4.69) is 18.3 Å². The molecule has 0 bridgehead atoms. The maximum absolute atomic E-state index is 5.99. The molecule has 1 aromatic rings. The van der Waals surface area contributed by atoms with Crippen LogP contribution in [0.15, 0.2) is 18.2 Å². The Bertz CT molecular complexity index is 316. The first kappa shape index (κ1) is 9.38. The lowest BCUT2D eigenvalue weighted by atomic mass is 10.1. The molecule has 2 nitrogen and oxygen atoms in total. The van der Waals surface area contributed by atoms with Crippen LogP contribution in [-0.4, -0.2) is 6.54 Å². The Morgan fingerprint density at radius 2 is 2.21 bits per heavy atom. The van der Waals surface area contributed by atoms with Gasteiger partial charge in [-0.25, -0.2) is 0 Å². The fourth-order valence-electron chi connectivity index (χ4n) is 1.82. The molecule has 14 heavy (non-hydrogen) atoms. The average Bonchev–Trinajstić information content (AvgIpc) is 2.98. The predicted octanol–water partition coefficient (Wildman–Crippen LogP) is 2.97. The van der Waals surface area contributed by atoms with Crippen LogP contribution < -0.4 is 11.1 Å². The second-order valence-corrected chi connectivity index (χ2v) is 4.01. The molecule has 0 amide bonds. The number of hydrogen-bond acceptors (Lipinski definition) is 2. The van der Waals surface area contributed by atoms with Gasteiger partial charge in [0.05, 0.1) is 0 Å². The lowest BCUT2D eigenvalue weighted by Crippen LogP contribution is -2.04. The molecule has 1 aliphatic carbocycles. The van der Waals surface area contributed by atoms with Crippen molar-refractivity contribution < 1.29 is 0 Å². The third kappa shape index (κ3) is 1.84. The first-order chi connectivity index (χ1) is 6.83. The maximum atomic E-state index is 5.99. The summed E-state index contributed by atoms with van der Waals surface area (Å²) in [5.74, 6) is 0.718. The van der Waals surface area contributed by atoms with Gasteiger partial charge in [0, 0.05) is 23.5 Å². The van der Waals surface area contributed by atoms with Gasteiger partial charge in [-0.2, -0.15) is 0 Å². The Balaban J connectivity index is 2.23. The van der Waals surface area contributed by atoms with Gasteiger partial charge in [-0.1, -0.05) is 13.0 Å². The zero-order valence-electron chi connectivity index (χ0n) is 8.72. The molecule has 0 aromatic heterocycles. The molecule has 1 saturated carbocycles. The van der Waals surface area contributed by atoms with Crippen molar-refractivity contribution in [3.63, 3.8) is 0 Å². The molecule has 0 saturated heterocycles. The minimum absolute atomic E-state index is 0.718. The van der Waals surface area contributed by atoms with Gasteiger partial charge in [-0.05, 0) is 37.3 Å². The van der Waals surface area contributed by atoms with Crippen LogP contribution >= 0.6 is 0 Å². The number of nitrogens with one attached hydrogen (secondary N) is 1. The molecule has 1 aliphatic rings. The minimum Gasteiger partial charge on any atom is -0.398 e. The number of anilines is 2. The first-order valence-electron chi connectivity index (χ1n) is 5.45. The summed E-state index contributed by atoms with van der Waals surface area (Å²) in [6.07, 6.45) is 3.75. The fraction of sp³-hybridized carbons (Fsp3) is 0.500. The smallest absolute Gasteiger partial charge is 0.0396 e. The van der Waals surface area contributed by atoms with Crippen LogP contribution in [0.5, 0.6) is 0 Å². The third-order valence-electron chi connectivity index (χ3n) is 2.69. The monoisotopic (exact) mass is 190 g/mol. The number of hydrogen-bond donors (Lipinski definition) is 2. The summed E-state index contributed by atoms with van der Waals surface area (Å²) in [5, 5.41) is 3.45. The maximum Gasteiger partial charge on any atom is 0.0396 e. The molecular formula is C12H18N2. The van der Waals surface area contributed by atoms with E-state index >= 15 is 0 Å². The van der Waals surface area contributed by atoms with Gasteiger partial charge in [-0.15, -0.1) is 0 Å². The second-order valence-electron chi connectivity index (χ2n) is 4.01. The van der Waals surface area contributed by atoms with E-state index in [4.69, 9.17) is 5.73 Å². The first-order valence-corrected chi connectivity index (χ1v) is 5.45. The number of rotatable bonds is 4. The van der Waals surface area contributed by atoms with E-state index in [9.17, 15) is 0 Å². The van der Waals surface area contributed by atoms with Gasteiger partial charge in [0.1, 0.15) is 0 Å². The van der Waals surface area contributed by atoms with Crippen molar-refractivity contribution in [3.8, 4) is 0 Å². The predicted molar refractivity (Wildman–Crippen MR) is 61.6 cm³/mol. The summed E-state index contributed by atoms with van der Waals surface area (Å²) in [7, 11) is 0. The summed E-state index contributed by atoms with van der Waals surface area (Å²) in [4.78, 5) is 0. The van der Waals surface area contributed by atoms with Crippen molar-refractivity contribution in [3.05, 3.63) is 23.8 Å². The Morgan fingerprint density at radius 1 is 1.43 bits per heavy atom. The average molecular weight is 190 g/mol. The van der Waals surface area contributed by atoms with Crippen LogP contribution in [0, 0.1) is 0 Å². The van der Waals surface area contributed by atoms with Crippen LogP contribution in [0.3, 0.4) is 0 Å². The quantitative estimate of drug-likeness (QED) is 0.716. The molecule has 1 aromatic carbocycles. The van der Waals surface area contributed by atoms with Crippen molar-refractivity contribution in [2.45, 2.75) is 32.1 Å². The Morgan fingerprint density at radius 3 is 2.86 bits per heavy atom. The molecule has 2 rings (SSSR count). The highest BCUT2D eigenvalue weighted by molar-refractivity contribution is 5.66. The highest BCUT2D eigenvalue weighted by Gasteiger charge is 2.27. The highest BCUT2D eigenvalue weighted by Crippen LogP contribution is 2.46. The normalized spacial score (nSPS) is 15.5. The molecule has 0 atom stereocenters. The Kier molecular flexibility index (Phi) is 2.62. The van der Waals surface area contributed by atoms with Gasteiger partial charge in [-0.3, -0.25) is 0 Å². The molecule has 0 radical (unpaired) electrons. The van der Waals surface area contributed by atoms with E-state index in [0.29, 0.717) is 0 Å². The largest absolute Gasteiger partial charge is 0.398 e. The van der Waals surface area contributed by atoms with Crippen LogP contribution in [0.2, 0.25) is 0 Å². The molecule has 0 spiro atoms. The van der Waals surface area contributed by atoms with E-state index in [-0.39, 0.29) is 0 Å². The molecular weight excluding hydrogens is 172 g/mol. The van der Waals surface area contributed by atoms with E-state index in [1.165, 1.54) is 24.1 Å². The summed E-state index contributed by atoms with van der Waals surface area (Å²) in [6, 6.07) is 6.17. The summed E-state index contributed by atoms with van der Waals surface area (Å²) >= 11 is 0. The molecule has 0 heterocycles. The van der Waals surface area contributed by atoms with Crippen molar-refractivity contribution in [1.29, 1.82) is 0 Å². The second kappa shape index (κ2) is 3.91. The lowest BCUT2D eigenvalue weighted by molar-refractivity contribution is 0.972. The number of nitrogens with two attached hydrogens (primary N) is 1. The molecule has 0 unspecified atom stereocenters. The third-order valence-corrected chi connectivity index (χ3v) is 2.69. The zero-order chi connectivity index (χ0) is 9.97. The van der Waals surface area contributed by atoms with Crippen LogP contribution in [0.4, 0.5) is 11.4 Å². The standard InChI is InChI=1S/C12H18N2/c1-2-8-14-11-5-3-4-10(13)12(11)9-6-7-9/h3-5,9,14H,2,6-8,13H2,1H3. The van der Waals surface area contributed by atoms with Gasteiger partial charge in [0.25, 0.3) is 0 Å². The molecule has 1 fully saturated rings. The van der Waals surface area contributed by atoms with Gasteiger partial charge >= 0.3 is 0 Å². The van der Waals surface area contributed by atoms with Crippen molar-refractivity contribution >= 4 is 11.4 Å². The van der Waals surface area contributed by atoms with Gasteiger partial charge in [0.2, 0.25) is 0 Å². The van der Waals surface area contributed by atoms with E-state index < -0.39 is 0 Å². The van der Waals surface area contributed by atoms with E-state index in [1.54, 1.807) is 0 Å². The fourth-order valence-corrected chi connectivity index (χ4v) is 1.82. The van der Waals surface area contributed by atoms with Crippen molar-refractivity contribution in [2.24, 2.45) is 0 Å². The highest BCUT2D eigenvalue weighted by atomic mass is 14.9. The number of benzene rings is 1. The molecule has 76 valence electrons. The Labute approximate surface area is 85.5 Å². The van der Waals surface area contributed by atoms with Gasteiger partial charge in [0.15, 0.2) is 0 Å². The van der Waals surface area contributed by atoms with E-state index in [1.807, 2.05) is 12.1 Å². The molecule has 0 aliphatic heterocycles. The SMILES string of the molecule is CCCNc1cccc(N)c1C1CC1. The minimum atomic E-state index is 0.718. The summed E-state index contributed by atoms with van der Waals surface area (Å²) in [5.41, 5.74) is 9.54. The van der Waals surface area contributed by atoms with Crippen LogP contribution in [-0.2, 0) is 0 Å². The Hall–Kier alpha value is -1.18. The van der Waals surface area contributed by atoms with Gasteiger partial charge < -0.3 is 11.1 Å². The van der Waals surface area contributed by atoms with Crippen molar-refractivity contribution in [1.82, 2.24) is 0 Å². The number of nitrogen functional groups attached to an aromatic ring is 1. The van der Waals surface area contributed by atoms with Crippen LogP contribution in [0.25, 0.3) is 0 Å². The van der Waals surface area contributed by atoms with E-state index in [0.717, 1.165) is 24.6 Å². The van der Waals surface area contributed by atoms with Crippen LogP contribution in [0.1, 0.15) is 37.7 Å². The molecule has 3 N–H and O–H groups in total. The van der Waals surface area contributed by atoms with Crippen molar-refractivity contribution in [2.75, 3.05) is 17.6 Å². The summed E-state index contributed by atoms with van der Waals surface area (Å²) < 4.78 is 0. The zero-order valence-corrected chi connectivity index (χ0v) is 8.72. The molecule has 2 heteroatoms. The summed E-state index contributed by atoms with van der Waals surface area (Å²) in [6.45, 7) is 3.21. The topological polar surface area (TPSA) is 38.0 Å².